The van der Waals surface area contributed by atoms with Crippen molar-refractivity contribution in [3.8, 4) is 5.75 Å². The van der Waals surface area contributed by atoms with E-state index in [0.717, 1.165) is 17.4 Å². The highest BCUT2D eigenvalue weighted by Crippen LogP contribution is 2.44. The molecule has 0 aliphatic carbocycles. The summed E-state index contributed by atoms with van der Waals surface area (Å²) in [5, 5.41) is 20.4. The van der Waals surface area contributed by atoms with E-state index in [-0.39, 0.29) is 30.3 Å². The number of aromatic hydroxyl groups is 1. The Morgan fingerprint density at radius 2 is 2.00 bits per heavy atom. The molecule has 36 heavy (non-hydrogen) atoms. The van der Waals surface area contributed by atoms with Crippen molar-refractivity contribution < 1.29 is 42.1 Å². The highest BCUT2D eigenvalue weighted by Gasteiger charge is 2.44. The van der Waals surface area contributed by atoms with Gasteiger partial charge >= 0.3 is 22.4 Å². The Morgan fingerprint density at radius 3 is 2.50 bits per heavy atom. The van der Waals surface area contributed by atoms with E-state index in [1.807, 2.05) is 6.92 Å². The SMILES string of the molecule is CCCC(C)N(C[C@H]1Cc2c(cc(O)c(N3CC(=O)NS3(=O)=O)c2F)N1C(=O)O)C(=O)OC(C)(C)C. The summed E-state index contributed by atoms with van der Waals surface area (Å²) in [6, 6.07) is -0.304. The molecule has 1 saturated heterocycles. The summed E-state index contributed by atoms with van der Waals surface area (Å²) >= 11 is 0. The fourth-order valence-electron chi connectivity index (χ4n) is 4.43. The van der Waals surface area contributed by atoms with Gasteiger partial charge in [-0.15, -0.1) is 0 Å². The van der Waals surface area contributed by atoms with E-state index in [0.29, 0.717) is 10.7 Å². The third-order valence-electron chi connectivity index (χ3n) is 5.91. The van der Waals surface area contributed by atoms with Gasteiger partial charge in [-0.3, -0.25) is 9.69 Å². The van der Waals surface area contributed by atoms with Gasteiger partial charge in [0.2, 0.25) is 0 Å². The van der Waals surface area contributed by atoms with Crippen LogP contribution in [0.5, 0.6) is 5.75 Å². The number of anilines is 2. The summed E-state index contributed by atoms with van der Waals surface area (Å²) < 4.78 is 47.7. The molecule has 14 heteroatoms. The maximum absolute atomic E-state index is 15.6. The molecular weight excluding hydrogens is 499 g/mol. The molecular formula is C22H31FN4O8S. The van der Waals surface area contributed by atoms with Crippen LogP contribution in [0.2, 0.25) is 0 Å². The van der Waals surface area contributed by atoms with Crippen molar-refractivity contribution in [1.29, 1.82) is 0 Å². The Hall–Kier alpha value is -3.29. The smallest absolute Gasteiger partial charge is 0.412 e. The van der Waals surface area contributed by atoms with Crippen LogP contribution in [0.3, 0.4) is 0 Å². The van der Waals surface area contributed by atoms with Gasteiger partial charge in [-0.1, -0.05) is 13.3 Å². The zero-order chi connectivity index (χ0) is 27.2. The average Bonchev–Trinajstić information content (AvgIpc) is 3.20. The lowest BCUT2D eigenvalue weighted by atomic mass is 10.1. The minimum Gasteiger partial charge on any atom is -0.506 e. The molecule has 3 N–H and O–H groups in total. The largest absolute Gasteiger partial charge is 0.506 e. The van der Waals surface area contributed by atoms with Gasteiger partial charge in [0.25, 0.3) is 5.91 Å². The van der Waals surface area contributed by atoms with Crippen LogP contribution in [-0.2, 0) is 26.2 Å². The van der Waals surface area contributed by atoms with Crippen molar-refractivity contribution in [2.75, 3.05) is 22.3 Å². The van der Waals surface area contributed by atoms with Crippen LogP contribution in [0, 0.1) is 5.82 Å². The lowest BCUT2D eigenvalue weighted by Crippen LogP contribution is -2.50. The van der Waals surface area contributed by atoms with Crippen molar-refractivity contribution >= 4 is 39.7 Å². The van der Waals surface area contributed by atoms with Crippen LogP contribution in [0.4, 0.5) is 25.4 Å². The van der Waals surface area contributed by atoms with E-state index in [2.05, 4.69) is 0 Å². The normalized spacial score (nSPS) is 19.6. The Bertz CT molecular complexity index is 1180. The van der Waals surface area contributed by atoms with Crippen molar-refractivity contribution in [1.82, 2.24) is 9.62 Å². The third-order valence-corrected chi connectivity index (χ3v) is 7.29. The second-order valence-corrected chi connectivity index (χ2v) is 11.5. The molecule has 0 aromatic heterocycles. The van der Waals surface area contributed by atoms with Crippen LogP contribution in [-0.4, -0.2) is 72.4 Å². The van der Waals surface area contributed by atoms with Crippen LogP contribution < -0.4 is 13.9 Å². The highest BCUT2D eigenvalue weighted by molar-refractivity contribution is 7.92. The summed E-state index contributed by atoms with van der Waals surface area (Å²) in [6.07, 6.45) is -0.936. The van der Waals surface area contributed by atoms with Gasteiger partial charge < -0.3 is 19.8 Å². The lowest BCUT2D eigenvalue weighted by Gasteiger charge is -2.35. The maximum atomic E-state index is 15.6. The van der Waals surface area contributed by atoms with E-state index in [1.165, 1.54) is 4.90 Å². The summed E-state index contributed by atoms with van der Waals surface area (Å²) in [6.45, 7) is 7.97. The molecule has 1 aromatic carbocycles. The molecule has 0 saturated carbocycles. The molecule has 2 atom stereocenters. The van der Waals surface area contributed by atoms with Crippen LogP contribution in [0.15, 0.2) is 6.07 Å². The Labute approximate surface area is 208 Å². The van der Waals surface area contributed by atoms with E-state index >= 15 is 4.39 Å². The van der Waals surface area contributed by atoms with Crippen molar-refractivity contribution in [2.45, 2.75) is 71.6 Å². The van der Waals surface area contributed by atoms with Gasteiger partial charge in [-0.2, -0.15) is 8.42 Å². The predicted molar refractivity (Wildman–Crippen MR) is 128 cm³/mol. The van der Waals surface area contributed by atoms with Crippen LogP contribution in [0.25, 0.3) is 0 Å². The molecule has 2 aliphatic rings. The van der Waals surface area contributed by atoms with E-state index in [4.69, 9.17) is 4.74 Å². The number of carboxylic acid groups (broad SMARTS) is 1. The summed E-state index contributed by atoms with van der Waals surface area (Å²) in [7, 11) is -4.43. The predicted octanol–water partition coefficient (Wildman–Crippen LogP) is 2.55. The standard InChI is InChI=1S/C22H31FN4O8S/c1-6-7-12(2)25(21(32)35-22(3,4)5)10-13-8-14-15(27(13)20(30)31)9-16(28)19(18(14)23)26-11-17(29)24-36(26,33)34/h9,12-13,28H,6-8,10-11H2,1-5H3,(H,24,29)(H,30,31)/t12?,13-/m1/s1. The average molecular weight is 531 g/mol. The molecule has 200 valence electrons. The summed E-state index contributed by atoms with van der Waals surface area (Å²) in [5.74, 6) is -2.91. The second kappa shape index (κ2) is 9.64. The first-order valence-corrected chi connectivity index (χ1v) is 12.9. The molecule has 3 rings (SSSR count). The maximum Gasteiger partial charge on any atom is 0.412 e. The number of ether oxygens (including phenoxy) is 1. The van der Waals surface area contributed by atoms with Crippen LogP contribution in [0.1, 0.15) is 53.0 Å². The number of amides is 3. The zero-order valence-corrected chi connectivity index (χ0v) is 21.6. The monoisotopic (exact) mass is 530 g/mol. The van der Waals surface area contributed by atoms with Gasteiger partial charge in [0.1, 0.15) is 23.6 Å². The van der Waals surface area contributed by atoms with E-state index in [9.17, 15) is 33.0 Å². The first-order valence-electron chi connectivity index (χ1n) is 11.5. The molecule has 3 amide bonds. The molecule has 12 nitrogen and oxygen atoms in total. The molecule has 1 unspecified atom stereocenters. The fourth-order valence-corrected chi connectivity index (χ4v) is 5.59. The molecule has 0 bridgehead atoms. The molecule has 2 aliphatic heterocycles. The van der Waals surface area contributed by atoms with Crippen LogP contribution >= 0.6 is 0 Å². The topological polar surface area (TPSA) is 157 Å². The number of phenols is 1. The van der Waals surface area contributed by atoms with Gasteiger partial charge in [0.05, 0.1) is 11.7 Å². The summed E-state index contributed by atoms with van der Waals surface area (Å²) in [4.78, 5) is 39.0. The Morgan fingerprint density at radius 1 is 1.36 bits per heavy atom. The Balaban J connectivity index is 2.02. The minimum absolute atomic E-state index is 0.130. The minimum atomic E-state index is -4.43. The van der Waals surface area contributed by atoms with E-state index < -0.39 is 63.7 Å². The fraction of sp³-hybridized carbons (Fsp3) is 0.591. The number of nitrogens with zero attached hydrogens (tertiary/aromatic N) is 3. The first-order chi connectivity index (χ1) is 16.6. The van der Waals surface area contributed by atoms with Crippen molar-refractivity contribution in [3.63, 3.8) is 0 Å². The number of carbonyl (C=O) groups is 3. The molecule has 1 aromatic rings. The molecule has 0 radical (unpaired) electrons. The van der Waals surface area contributed by atoms with Crippen molar-refractivity contribution in [3.05, 3.63) is 17.4 Å². The zero-order valence-electron chi connectivity index (χ0n) is 20.7. The number of carbonyl (C=O) groups excluding carboxylic acids is 2. The molecule has 1 fully saturated rings. The van der Waals surface area contributed by atoms with Crippen molar-refractivity contribution in [2.24, 2.45) is 0 Å². The van der Waals surface area contributed by atoms with Gasteiger partial charge in [0, 0.05) is 30.6 Å². The number of rotatable bonds is 6. The molecule has 0 spiro atoms. The third kappa shape index (κ3) is 5.27. The lowest BCUT2D eigenvalue weighted by molar-refractivity contribution is -0.117. The van der Waals surface area contributed by atoms with E-state index in [1.54, 1.807) is 32.4 Å². The Kier molecular flexibility index (Phi) is 7.31. The van der Waals surface area contributed by atoms with Gasteiger partial charge in [-0.25, -0.2) is 23.0 Å². The van der Waals surface area contributed by atoms with Gasteiger partial charge in [-0.05, 0) is 34.1 Å². The number of hydrogen-bond donors (Lipinski definition) is 3. The number of nitrogens with one attached hydrogen (secondary N) is 1. The number of phenolic OH excluding ortho intramolecular Hbond substituents is 1. The number of hydrogen-bond acceptors (Lipinski definition) is 7. The highest BCUT2D eigenvalue weighted by atomic mass is 32.2. The number of fused-ring (bicyclic) bond motifs is 1. The second-order valence-electron chi connectivity index (χ2n) is 9.87. The first kappa shape index (κ1) is 27.3. The summed E-state index contributed by atoms with van der Waals surface area (Å²) in [5.41, 5.74) is -1.88. The van der Waals surface area contributed by atoms with Gasteiger partial charge in [0.15, 0.2) is 5.82 Å². The molecule has 2 heterocycles. The number of benzene rings is 1. The number of halogens is 1. The quantitative estimate of drug-likeness (QED) is 0.506.